The fourth-order valence-corrected chi connectivity index (χ4v) is 3.06. The van der Waals surface area contributed by atoms with E-state index in [-0.39, 0.29) is 25.1 Å². The molecule has 2 aromatic carbocycles. The van der Waals surface area contributed by atoms with Crippen LogP contribution in [-0.2, 0) is 32.0 Å². The molecule has 3 amide bonds. The molecule has 0 aliphatic carbocycles. The third kappa shape index (κ3) is 8.26. The molecule has 0 radical (unpaired) electrons. The largest absolute Gasteiger partial charge is 0.508 e. The van der Waals surface area contributed by atoms with Gasteiger partial charge in [-0.25, -0.2) is 4.79 Å². The van der Waals surface area contributed by atoms with E-state index in [9.17, 15) is 29.4 Å². The van der Waals surface area contributed by atoms with E-state index in [0.717, 1.165) is 5.56 Å². The number of amides is 3. The molecule has 0 heterocycles. The molecule has 0 saturated carbocycles. The minimum Gasteiger partial charge on any atom is -0.508 e. The van der Waals surface area contributed by atoms with Crippen LogP contribution >= 0.6 is 0 Å². The zero-order valence-corrected chi connectivity index (χ0v) is 18.2. The van der Waals surface area contributed by atoms with Crippen LogP contribution in [0.25, 0.3) is 0 Å². The van der Waals surface area contributed by atoms with E-state index < -0.39 is 41.8 Å². The van der Waals surface area contributed by atoms with Gasteiger partial charge in [0.2, 0.25) is 17.7 Å². The van der Waals surface area contributed by atoms with Crippen LogP contribution in [0.1, 0.15) is 18.1 Å². The molecule has 10 heteroatoms. The van der Waals surface area contributed by atoms with Gasteiger partial charge in [-0.05, 0) is 30.2 Å². The van der Waals surface area contributed by atoms with E-state index in [1.165, 1.54) is 19.1 Å². The number of nitrogens with one attached hydrogen (secondary N) is 3. The SMILES string of the molecule is CC(NC(=O)CN)C(=O)NC(Cc1ccc(O)cc1)C(=O)NC(Cc1ccccc1)C(=O)O. The van der Waals surface area contributed by atoms with Crippen molar-refractivity contribution in [2.45, 2.75) is 37.9 Å². The molecule has 0 fully saturated rings. The second-order valence-electron chi connectivity index (χ2n) is 7.51. The highest BCUT2D eigenvalue weighted by atomic mass is 16.4. The molecule has 176 valence electrons. The van der Waals surface area contributed by atoms with Crippen LogP contribution < -0.4 is 21.7 Å². The fourth-order valence-electron chi connectivity index (χ4n) is 3.06. The highest BCUT2D eigenvalue weighted by Crippen LogP contribution is 2.12. The van der Waals surface area contributed by atoms with Gasteiger partial charge >= 0.3 is 5.97 Å². The molecule has 3 unspecified atom stereocenters. The van der Waals surface area contributed by atoms with Crippen molar-refractivity contribution in [2.75, 3.05) is 6.54 Å². The minimum atomic E-state index is -1.22. The Balaban J connectivity index is 2.17. The number of carbonyl (C=O) groups is 4. The first-order valence-corrected chi connectivity index (χ1v) is 10.3. The number of hydrogen-bond donors (Lipinski definition) is 6. The lowest BCUT2D eigenvalue weighted by atomic mass is 10.0. The molecule has 0 aromatic heterocycles. The van der Waals surface area contributed by atoms with Crippen molar-refractivity contribution in [3.8, 4) is 5.75 Å². The Morgan fingerprint density at radius 2 is 1.36 bits per heavy atom. The molecule has 0 saturated heterocycles. The molecule has 3 atom stereocenters. The summed E-state index contributed by atoms with van der Waals surface area (Å²) in [5.74, 6) is -3.05. The lowest BCUT2D eigenvalue weighted by molar-refractivity contribution is -0.142. The quantitative estimate of drug-likeness (QED) is 0.269. The standard InChI is InChI=1S/C23H28N4O6/c1-14(25-20(29)13-24)21(30)26-18(11-16-7-9-17(28)10-8-16)22(31)27-19(23(32)33)12-15-5-3-2-4-6-15/h2-10,14,18-19,28H,11-13,24H2,1H3,(H,25,29)(H,26,30)(H,27,31)(H,32,33). The number of nitrogens with two attached hydrogens (primary N) is 1. The Labute approximate surface area is 191 Å². The van der Waals surface area contributed by atoms with Gasteiger partial charge in [-0.15, -0.1) is 0 Å². The fraction of sp³-hybridized carbons (Fsp3) is 0.304. The Bertz CT molecular complexity index is 965. The molecule has 0 aliphatic rings. The average molecular weight is 456 g/mol. The van der Waals surface area contributed by atoms with Crippen LogP contribution in [0.5, 0.6) is 5.75 Å². The lowest BCUT2D eigenvalue weighted by Gasteiger charge is -2.23. The molecule has 0 bridgehead atoms. The van der Waals surface area contributed by atoms with Gasteiger partial charge in [0, 0.05) is 12.8 Å². The highest BCUT2D eigenvalue weighted by Gasteiger charge is 2.28. The molecule has 2 rings (SSSR count). The van der Waals surface area contributed by atoms with Crippen molar-refractivity contribution in [1.29, 1.82) is 0 Å². The third-order valence-corrected chi connectivity index (χ3v) is 4.86. The molecule has 0 aliphatic heterocycles. The van der Waals surface area contributed by atoms with Gasteiger partial charge in [-0.1, -0.05) is 42.5 Å². The molecule has 33 heavy (non-hydrogen) atoms. The zero-order valence-electron chi connectivity index (χ0n) is 18.2. The number of carboxylic acid groups (broad SMARTS) is 1. The van der Waals surface area contributed by atoms with Crippen LogP contribution in [0.15, 0.2) is 54.6 Å². The van der Waals surface area contributed by atoms with Crippen molar-refractivity contribution >= 4 is 23.7 Å². The Hall–Kier alpha value is -3.92. The number of aliphatic carboxylic acids is 1. The minimum absolute atomic E-state index is 0.0348. The third-order valence-electron chi connectivity index (χ3n) is 4.86. The average Bonchev–Trinajstić information content (AvgIpc) is 2.79. The van der Waals surface area contributed by atoms with Gasteiger partial charge in [0.05, 0.1) is 6.54 Å². The van der Waals surface area contributed by atoms with Crippen LogP contribution in [0.3, 0.4) is 0 Å². The number of phenolic OH excluding ortho intramolecular Hbond substituents is 1. The number of phenols is 1. The van der Waals surface area contributed by atoms with Crippen molar-refractivity contribution in [1.82, 2.24) is 16.0 Å². The molecular weight excluding hydrogens is 428 g/mol. The molecule has 2 aromatic rings. The van der Waals surface area contributed by atoms with Gasteiger partial charge in [0.1, 0.15) is 23.9 Å². The first-order valence-electron chi connectivity index (χ1n) is 10.3. The Morgan fingerprint density at radius 1 is 0.818 bits per heavy atom. The Morgan fingerprint density at radius 3 is 1.94 bits per heavy atom. The number of aromatic hydroxyl groups is 1. The Kier molecular flexibility index (Phi) is 9.37. The number of carbonyl (C=O) groups excluding carboxylic acids is 3. The van der Waals surface area contributed by atoms with Crippen LogP contribution in [0.4, 0.5) is 0 Å². The van der Waals surface area contributed by atoms with E-state index in [4.69, 9.17) is 5.73 Å². The van der Waals surface area contributed by atoms with Crippen LogP contribution in [-0.4, -0.2) is 58.6 Å². The maximum Gasteiger partial charge on any atom is 0.326 e. The summed E-state index contributed by atoms with van der Waals surface area (Å²) in [6.07, 6.45) is 0.0951. The second kappa shape index (κ2) is 12.2. The van der Waals surface area contributed by atoms with Gasteiger partial charge < -0.3 is 31.9 Å². The molecule has 7 N–H and O–H groups in total. The van der Waals surface area contributed by atoms with Gasteiger partial charge in [-0.3, -0.25) is 14.4 Å². The van der Waals surface area contributed by atoms with Crippen molar-refractivity contribution in [2.24, 2.45) is 5.73 Å². The van der Waals surface area contributed by atoms with Crippen molar-refractivity contribution in [3.05, 3.63) is 65.7 Å². The number of benzene rings is 2. The maximum atomic E-state index is 13.0. The van der Waals surface area contributed by atoms with Gasteiger partial charge in [0.25, 0.3) is 0 Å². The van der Waals surface area contributed by atoms with Crippen molar-refractivity contribution < 1.29 is 29.4 Å². The van der Waals surface area contributed by atoms with Crippen LogP contribution in [0, 0.1) is 0 Å². The first-order chi connectivity index (χ1) is 15.7. The normalized spacial score (nSPS) is 13.3. The number of rotatable bonds is 11. The first kappa shape index (κ1) is 25.3. The van der Waals surface area contributed by atoms with E-state index in [2.05, 4.69) is 16.0 Å². The summed E-state index contributed by atoms with van der Waals surface area (Å²) < 4.78 is 0. The smallest absolute Gasteiger partial charge is 0.326 e. The predicted octanol–water partition coefficient (Wildman–Crippen LogP) is -0.305. The van der Waals surface area contributed by atoms with E-state index in [0.29, 0.717) is 5.56 Å². The van der Waals surface area contributed by atoms with E-state index in [1.807, 2.05) is 0 Å². The topological polar surface area (TPSA) is 171 Å². The highest BCUT2D eigenvalue weighted by molar-refractivity contribution is 5.93. The van der Waals surface area contributed by atoms with Gasteiger partial charge in [-0.2, -0.15) is 0 Å². The monoisotopic (exact) mass is 456 g/mol. The predicted molar refractivity (Wildman–Crippen MR) is 120 cm³/mol. The second-order valence-corrected chi connectivity index (χ2v) is 7.51. The molecular formula is C23H28N4O6. The zero-order chi connectivity index (χ0) is 24.4. The summed E-state index contributed by atoms with van der Waals surface area (Å²) >= 11 is 0. The number of carboxylic acids is 1. The number of hydrogen-bond acceptors (Lipinski definition) is 6. The summed E-state index contributed by atoms with van der Waals surface area (Å²) in [6.45, 7) is 1.14. The van der Waals surface area contributed by atoms with E-state index >= 15 is 0 Å². The van der Waals surface area contributed by atoms with Gasteiger partial charge in [0.15, 0.2) is 0 Å². The summed E-state index contributed by atoms with van der Waals surface area (Å²) in [7, 11) is 0. The van der Waals surface area contributed by atoms with E-state index in [1.54, 1.807) is 42.5 Å². The maximum absolute atomic E-state index is 13.0. The summed E-state index contributed by atoms with van der Waals surface area (Å²) in [4.78, 5) is 48.8. The van der Waals surface area contributed by atoms with Crippen LogP contribution in [0.2, 0.25) is 0 Å². The van der Waals surface area contributed by atoms with Crippen molar-refractivity contribution in [3.63, 3.8) is 0 Å². The summed E-state index contributed by atoms with van der Waals surface area (Å²) in [5, 5.41) is 26.5. The lowest BCUT2D eigenvalue weighted by Crippen LogP contribution is -2.56. The summed E-state index contributed by atoms with van der Waals surface area (Å²) in [6, 6.07) is 11.6. The summed E-state index contributed by atoms with van der Waals surface area (Å²) in [5.41, 5.74) is 6.60. The molecule has 10 nitrogen and oxygen atoms in total. The molecule has 0 spiro atoms.